The predicted octanol–water partition coefficient (Wildman–Crippen LogP) is 2.03. The molecular formula is C12H23F3N2O. The smallest absolute Gasteiger partial charge is 0.372 e. The highest BCUT2D eigenvalue weighted by atomic mass is 19.4. The third kappa shape index (κ3) is 7.89. The first kappa shape index (κ1) is 15.7. The molecule has 1 aliphatic rings. The van der Waals surface area contributed by atoms with Gasteiger partial charge in [0.05, 0.1) is 0 Å². The molecule has 0 aliphatic heterocycles. The molecule has 0 aromatic heterocycles. The summed E-state index contributed by atoms with van der Waals surface area (Å²) < 4.78 is 39.8. The van der Waals surface area contributed by atoms with Crippen LogP contribution < -0.4 is 5.32 Å². The minimum absolute atomic E-state index is 0.159. The Bertz CT molecular complexity index is 220. The second-order valence-corrected chi connectivity index (χ2v) is 4.63. The Morgan fingerprint density at radius 2 is 2.00 bits per heavy atom. The highest BCUT2D eigenvalue weighted by Gasteiger charge is 2.27. The highest BCUT2D eigenvalue weighted by Crippen LogP contribution is 2.25. The van der Waals surface area contributed by atoms with Gasteiger partial charge in [0.2, 0.25) is 0 Å². The number of nitrogens with one attached hydrogen (secondary N) is 1. The standard InChI is InChI=1S/C12H23F3N2O/c1-2-17(11-4-5-11)8-7-16-6-3-9-18-10-12(13,14)15/h11,16H,2-10H2,1H3. The van der Waals surface area contributed by atoms with Crippen molar-refractivity contribution in [1.29, 1.82) is 0 Å². The first-order valence-electron chi connectivity index (χ1n) is 6.62. The first-order chi connectivity index (χ1) is 8.53. The van der Waals surface area contributed by atoms with E-state index in [0.717, 1.165) is 25.7 Å². The number of likely N-dealkylation sites (N-methyl/N-ethyl adjacent to an activating group) is 1. The van der Waals surface area contributed by atoms with Gasteiger partial charge in [-0.25, -0.2) is 0 Å². The Balaban J connectivity index is 1.83. The second-order valence-electron chi connectivity index (χ2n) is 4.63. The molecule has 6 heteroatoms. The van der Waals surface area contributed by atoms with E-state index in [0.29, 0.717) is 13.0 Å². The molecule has 0 amide bonds. The molecule has 0 spiro atoms. The van der Waals surface area contributed by atoms with Crippen LogP contribution in [-0.4, -0.2) is 56.5 Å². The third-order valence-corrected chi connectivity index (χ3v) is 2.95. The van der Waals surface area contributed by atoms with Crippen molar-refractivity contribution in [3.63, 3.8) is 0 Å². The molecule has 0 unspecified atom stereocenters. The Labute approximate surface area is 107 Å². The van der Waals surface area contributed by atoms with Gasteiger partial charge in [0.25, 0.3) is 0 Å². The van der Waals surface area contributed by atoms with Crippen molar-refractivity contribution in [3.8, 4) is 0 Å². The fourth-order valence-electron chi connectivity index (χ4n) is 1.87. The lowest BCUT2D eigenvalue weighted by molar-refractivity contribution is -0.173. The van der Waals surface area contributed by atoms with Crippen LogP contribution in [0.25, 0.3) is 0 Å². The van der Waals surface area contributed by atoms with Crippen LogP contribution in [0.15, 0.2) is 0 Å². The summed E-state index contributed by atoms with van der Waals surface area (Å²) in [5, 5.41) is 3.23. The number of ether oxygens (including phenoxy) is 1. The summed E-state index contributed by atoms with van der Waals surface area (Å²) in [6.07, 6.45) is -0.983. The van der Waals surface area contributed by atoms with E-state index < -0.39 is 12.8 Å². The highest BCUT2D eigenvalue weighted by molar-refractivity contribution is 4.83. The quantitative estimate of drug-likeness (QED) is 0.614. The van der Waals surface area contributed by atoms with Gasteiger partial charge in [-0.2, -0.15) is 13.2 Å². The van der Waals surface area contributed by atoms with Gasteiger partial charge in [0.1, 0.15) is 6.61 Å². The Morgan fingerprint density at radius 1 is 1.28 bits per heavy atom. The van der Waals surface area contributed by atoms with Crippen LogP contribution in [0.2, 0.25) is 0 Å². The normalized spacial score (nSPS) is 16.5. The van der Waals surface area contributed by atoms with Crippen LogP contribution in [0.3, 0.4) is 0 Å². The van der Waals surface area contributed by atoms with Crippen molar-refractivity contribution in [2.45, 2.75) is 38.4 Å². The van der Waals surface area contributed by atoms with Crippen LogP contribution in [0, 0.1) is 0 Å². The number of alkyl halides is 3. The maximum Gasteiger partial charge on any atom is 0.411 e. The topological polar surface area (TPSA) is 24.5 Å². The predicted molar refractivity (Wildman–Crippen MR) is 64.6 cm³/mol. The van der Waals surface area contributed by atoms with Crippen LogP contribution in [0.5, 0.6) is 0 Å². The van der Waals surface area contributed by atoms with Crippen molar-refractivity contribution >= 4 is 0 Å². The maximum atomic E-state index is 11.7. The molecule has 0 atom stereocenters. The number of halogens is 3. The molecule has 0 aromatic rings. The number of hydrogen-bond acceptors (Lipinski definition) is 3. The zero-order valence-electron chi connectivity index (χ0n) is 10.9. The zero-order valence-corrected chi connectivity index (χ0v) is 10.9. The molecular weight excluding hydrogens is 245 g/mol. The fraction of sp³-hybridized carbons (Fsp3) is 1.00. The molecule has 1 N–H and O–H groups in total. The van der Waals surface area contributed by atoms with Gasteiger partial charge < -0.3 is 10.1 Å². The Hall–Kier alpha value is -0.330. The molecule has 18 heavy (non-hydrogen) atoms. The summed E-state index contributed by atoms with van der Waals surface area (Å²) in [6.45, 7) is 4.86. The second kappa shape index (κ2) is 7.96. The molecule has 0 saturated heterocycles. The van der Waals surface area contributed by atoms with Crippen LogP contribution in [-0.2, 0) is 4.74 Å². The van der Waals surface area contributed by atoms with E-state index in [-0.39, 0.29) is 6.61 Å². The lowest BCUT2D eigenvalue weighted by atomic mass is 10.4. The van der Waals surface area contributed by atoms with E-state index in [4.69, 9.17) is 0 Å². The number of nitrogens with zero attached hydrogens (tertiary/aromatic N) is 1. The van der Waals surface area contributed by atoms with Gasteiger partial charge in [-0.3, -0.25) is 4.90 Å². The maximum absolute atomic E-state index is 11.7. The summed E-state index contributed by atoms with van der Waals surface area (Å²) in [6, 6.07) is 0.770. The van der Waals surface area contributed by atoms with E-state index in [1.165, 1.54) is 12.8 Å². The summed E-state index contributed by atoms with van der Waals surface area (Å²) in [5.74, 6) is 0. The van der Waals surface area contributed by atoms with Crippen LogP contribution in [0.4, 0.5) is 13.2 Å². The minimum atomic E-state index is -4.21. The Morgan fingerprint density at radius 3 is 2.56 bits per heavy atom. The first-order valence-corrected chi connectivity index (χ1v) is 6.62. The van der Waals surface area contributed by atoms with Crippen molar-refractivity contribution in [3.05, 3.63) is 0 Å². The monoisotopic (exact) mass is 268 g/mol. The molecule has 108 valence electrons. The largest absolute Gasteiger partial charge is 0.411 e. The number of rotatable bonds is 10. The minimum Gasteiger partial charge on any atom is -0.372 e. The van der Waals surface area contributed by atoms with Crippen LogP contribution in [0.1, 0.15) is 26.2 Å². The number of hydrogen-bond donors (Lipinski definition) is 1. The van der Waals surface area contributed by atoms with Crippen molar-refractivity contribution in [2.24, 2.45) is 0 Å². The van der Waals surface area contributed by atoms with Gasteiger partial charge in [-0.15, -0.1) is 0 Å². The molecule has 1 fully saturated rings. The molecule has 3 nitrogen and oxygen atoms in total. The lowest BCUT2D eigenvalue weighted by Crippen LogP contribution is -2.34. The average Bonchev–Trinajstić information content (AvgIpc) is 3.10. The van der Waals surface area contributed by atoms with Crippen molar-refractivity contribution in [2.75, 3.05) is 39.4 Å². The van der Waals surface area contributed by atoms with E-state index >= 15 is 0 Å². The van der Waals surface area contributed by atoms with E-state index in [2.05, 4.69) is 21.9 Å². The van der Waals surface area contributed by atoms with Gasteiger partial charge >= 0.3 is 6.18 Å². The van der Waals surface area contributed by atoms with E-state index in [1.54, 1.807) is 0 Å². The SMILES string of the molecule is CCN(CCNCCCOCC(F)(F)F)C1CC1. The molecule has 1 saturated carbocycles. The third-order valence-electron chi connectivity index (χ3n) is 2.95. The summed E-state index contributed by atoms with van der Waals surface area (Å²) >= 11 is 0. The summed E-state index contributed by atoms with van der Waals surface area (Å²) in [5.41, 5.74) is 0. The lowest BCUT2D eigenvalue weighted by Gasteiger charge is -2.19. The van der Waals surface area contributed by atoms with E-state index in [9.17, 15) is 13.2 Å². The van der Waals surface area contributed by atoms with Crippen molar-refractivity contribution < 1.29 is 17.9 Å². The van der Waals surface area contributed by atoms with Crippen molar-refractivity contribution in [1.82, 2.24) is 10.2 Å². The molecule has 0 aromatic carbocycles. The molecule has 1 aliphatic carbocycles. The summed E-state index contributed by atoms with van der Waals surface area (Å²) in [7, 11) is 0. The molecule has 0 bridgehead atoms. The summed E-state index contributed by atoms with van der Waals surface area (Å²) in [4.78, 5) is 2.44. The molecule has 1 rings (SSSR count). The molecule has 0 heterocycles. The van der Waals surface area contributed by atoms with Gasteiger partial charge in [0.15, 0.2) is 0 Å². The molecule has 0 radical (unpaired) electrons. The van der Waals surface area contributed by atoms with E-state index in [1.807, 2.05) is 0 Å². The van der Waals surface area contributed by atoms with Gasteiger partial charge in [0, 0.05) is 25.7 Å². The Kier molecular flexibility index (Phi) is 6.96. The fourth-order valence-corrected chi connectivity index (χ4v) is 1.87. The van der Waals surface area contributed by atoms with Gasteiger partial charge in [-0.1, -0.05) is 6.92 Å². The zero-order chi connectivity index (χ0) is 13.4. The van der Waals surface area contributed by atoms with Crippen LogP contribution >= 0.6 is 0 Å². The average molecular weight is 268 g/mol. The van der Waals surface area contributed by atoms with Gasteiger partial charge in [-0.05, 0) is 32.4 Å².